The number of nitrogens with two attached hydrogens (primary N) is 1. The van der Waals surface area contributed by atoms with Crippen LogP contribution in [0.1, 0.15) is 0 Å². The smallest absolute Gasteiger partial charge is 0.123 e. The molecule has 1 aliphatic rings. The molecule has 0 saturated carbocycles. The number of thioether (sulfide) groups is 1. The molecule has 2 nitrogen and oxygen atoms in total. The second kappa shape index (κ2) is 4.86. The van der Waals surface area contributed by atoms with Crippen molar-refractivity contribution in [2.45, 2.75) is 6.04 Å². The third kappa shape index (κ3) is 2.44. The van der Waals surface area contributed by atoms with Gasteiger partial charge in [0.2, 0.25) is 0 Å². The summed E-state index contributed by atoms with van der Waals surface area (Å²) in [5.74, 6) is 2.11. The molecule has 1 fully saturated rings. The Hall–Kier alpha value is -0.740. The van der Waals surface area contributed by atoms with E-state index in [1.54, 1.807) is 0 Å². The normalized spacial score (nSPS) is 16.1. The van der Waals surface area contributed by atoms with Gasteiger partial charge in [-0.1, -0.05) is 0 Å². The first kappa shape index (κ1) is 10.8. The Morgan fingerprint density at radius 2 is 2.00 bits per heavy atom. The van der Waals surface area contributed by atoms with Gasteiger partial charge in [-0.25, -0.2) is 4.39 Å². The second-order valence-corrected chi connectivity index (χ2v) is 4.72. The summed E-state index contributed by atoms with van der Waals surface area (Å²) in [6.45, 7) is 1.48. The third-order valence-corrected chi connectivity index (χ3v) is 3.83. The molecule has 0 aromatic heterocycles. The molecule has 15 heavy (non-hydrogen) atoms. The molecule has 0 bridgehead atoms. The average molecular weight is 226 g/mol. The molecule has 1 heterocycles. The van der Waals surface area contributed by atoms with Crippen molar-refractivity contribution in [2.75, 3.05) is 29.5 Å². The number of benzene rings is 1. The van der Waals surface area contributed by atoms with E-state index in [1.165, 1.54) is 12.1 Å². The fourth-order valence-electron chi connectivity index (χ4n) is 1.70. The minimum atomic E-state index is -0.186. The van der Waals surface area contributed by atoms with Crippen molar-refractivity contribution in [1.29, 1.82) is 0 Å². The summed E-state index contributed by atoms with van der Waals surface area (Å²) in [6.07, 6.45) is 0. The molecule has 2 rings (SSSR count). The Bertz CT molecular complexity index is 311. The largest absolute Gasteiger partial charge is 0.366 e. The van der Waals surface area contributed by atoms with Crippen molar-refractivity contribution in [3.8, 4) is 0 Å². The predicted molar refractivity (Wildman–Crippen MR) is 63.9 cm³/mol. The molecular weight excluding hydrogens is 211 g/mol. The van der Waals surface area contributed by atoms with Crippen LogP contribution in [-0.4, -0.2) is 30.6 Å². The Morgan fingerprint density at radius 1 is 1.33 bits per heavy atom. The maximum atomic E-state index is 12.8. The maximum Gasteiger partial charge on any atom is 0.123 e. The molecule has 2 N–H and O–H groups in total. The Kier molecular flexibility index (Phi) is 3.49. The third-order valence-electron chi connectivity index (χ3n) is 2.59. The van der Waals surface area contributed by atoms with E-state index in [4.69, 9.17) is 5.73 Å². The topological polar surface area (TPSA) is 29.3 Å². The minimum Gasteiger partial charge on any atom is -0.366 e. The van der Waals surface area contributed by atoms with E-state index in [-0.39, 0.29) is 5.82 Å². The van der Waals surface area contributed by atoms with Gasteiger partial charge in [-0.2, -0.15) is 11.8 Å². The van der Waals surface area contributed by atoms with E-state index in [1.807, 2.05) is 23.9 Å². The van der Waals surface area contributed by atoms with Crippen molar-refractivity contribution in [3.63, 3.8) is 0 Å². The van der Waals surface area contributed by atoms with Crippen LogP contribution in [0.5, 0.6) is 0 Å². The highest BCUT2D eigenvalue weighted by molar-refractivity contribution is 8.00. The summed E-state index contributed by atoms with van der Waals surface area (Å²) in [4.78, 5) is 2.27. The van der Waals surface area contributed by atoms with Crippen molar-refractivity contribution in [1.82, 2.24) is 0 Å². The molecule has 0 amide bonds. The van der Waals surface area contributed by atoms with E-state index >= 15 is 0 Å². The summed E-state index contributed by atoms with van der Waals surface area (Å²) in [6, 6.07) is 7.24. The molecule has 0 unspecified atom stereocenters. The quantitative estimate of drug-likeness (QED) is 0.847. The molecule has 0 atom stereocenters. The molecule has 0 aliphatic carbocycles. The van der Waals surface area contributed by atoms with E-state index in [0.717, 1.165) is 23.7 Å². The summed E-state index contributed by atoms with van der Waals surface area (Å²) in [5.41, 5.74) is 6.67. The lowest BCUT2D eigenvalue weighted by molar-refractivity contribution is 0.625. The van der Waals surface area contributed by atoms with Crippen LogP contribution in [0.2, 0.25) is 0 Å². The standard InChI is InChI=1S/C11H15FN2S/c12-9-1-3-10(4-2-9)14(6-5-13)11-7-15-8-11/h1-4,11H,5-8,13H2. The fraction of sp³-hybridized carbons (Fsp3) is 0.455. The Labute approximate surface area is 93.6 Å². The number of hydrogen-bond acceptors (Lipinski definition) is 3. The lowest BCUT2D eigenvalue weighted by Crippen LogP contribution is -2.46. The van der Waals surface area contributed by atoms with Crippen molar-refractivity contribution >= 4 is 17.4 Å². The highest BCUT2D eigenvalue weighted by Gasteiger charge is 2.25. The fourth-order valence-corrected chi connectivity index (χ4v) is 2.50. The summed E-state index contributed by atoms with van der Waals surface area (Å²) < 4.78 is 12.8. The van der Waals surface area contributed by atoms with Gasteiger partial charge in [0.05, 0.1) is 0 Å². The average Bonchev–Trinajstić information content (AvgIpc) is 2.16. The van der Waals surface area contributed by atoms with Crippen molar-refractivity contribution in [3.05, 3.63) is 30.1 Å². The van der Waals surface area contributed by atoms with E-state index in [0.29, 0.717) is 12.6 Å². The van der Waals surface area contributed by atoms with Crippen LogP contribution in [0.3, 0.4) is 0 Å². The number of hydrogen-bond donors (Lipinski definition) is 1. The number of halogens is 1. The first-order chi connectivity index (χ1) is 7.31. The molecule has 1 aromatic carbocycles. The van der Waals surface area contributed by atoms with Crippen LogP contribution >= 0.6 is 11.8 Å². The van der Waals surface area contributed by atoms with Crippen LogP contribution in [0.25, 0.3) is 0 Å². The Balaban J connectivity index is 2.12. The summed E-state index contributed by atoms with van der Waals surface area (Å²) in [7, 11) is 0. The van der Waals surface area contributed by atoms with Crippen molar-refractivity contribution in [2.24, 2.45) is 5.73 Å². The second-order valence-electron chi connectivity index (χ2n) is 3.65. The van der Waals surface area contributed by atoms with Gasteiger partial charge in [-0.3, -0.25) is 0 Å². The molecule has 1 aliphatic heterocycles. The minimum absolute atomic E-state index is 0.186. The zero-order valence-corrected chi connectivity index (χ0v) is 9.34. The van der Waals surface area contributed by atoms with Gasteiger partial charge < -0.3 is 10.6 Å². The molecule has 4 heteroatoms. The molecule has 1 saturated heterocycles. The van der Waals surface area contributed by atoms with Crippen LogP contribution in [-0.2, 0) is 0 Å². The maximum absolute atomic E-state index is 12.8. The highest BCUT2D eigenvalue weighted by Crippen LogP contribution is 2.27. The van der Waals surface area contributed by atoms with Crippen LogP contribution < -0.4 is 10.6 Å². The van der Waals surface area contributed by atoms with Gasteiger partial charge in [0, 0.05) is 36.3 Å². The van der Waals surface area contributed by atoms with Crippen LogP contribution in [0.15, 0.2) is 24.3 Å². The van der Waals surface area contributed by atoms with Crippen LogP contribution in [0, 0.1) is 5.82 Å². The zero-order valence-electron chi connectivity index (χ0n) is 8.53. The lowest BCUT2D eigenvalue weighted by Gasteiger charge is -2.38. The van der Waals surface area contributed by atoms with Gasteiger partial charge >= 0.3 is 0 Å². The first-order valence-corrected chi connectivity index (χ1v) is 6.27. The van der Waals surface area contributed by atoms with Crippen molar-refractivity contribution < 1.29 is 4.39 Å². The lowest BCUT2D eigenvalue weighted by atomic mass is 10.2. The summed E-state index contributed by atoms with van der Waals surface area (Å²) in [5, 5.41) is 0. The highest BCUT2D eigenvalue weighted by atomic mass is 32.2. The van der Waals surface area contributed by atoms with Gasteiger partial charge in [0.25, 0.3) is 0 Å². The first-order valence-electron chi connectivity index (χ1n) is 5.11. The van der Waals surface area contributed by atoms with Crippen LogP contribution in [0.4, 0.5) is 10.1 Å². The molecule has 1 aromatic rings. The Morgan fingerprint density at radius 3 is 2.47 bits per heavy atom. The van der Waals surface area contributed by atoms with Gasteiger partial charge in [-0.05, 0) is 24.3 Å². The SMILES string of the molecule is NCCN(c1ccc(F)cc1)C1CSC1. The van der Waals surface area contributed by atoms with E-state index in [9.17, 15) is 4.39 Å². The number of rotatable bonds is 4. The predicted octanol–water partition coefficient (Wildman–Crippen LogP) is 1.71. The van der Waals surface area contributed by atoms with Gasteiger partial charge in [0.15, 0.2) is 0 Å². The molecule has 0 radical (unpaired) electrons. The molecule has 82 valence electrons. The molecule has 0 spiro atoms. The van der Waals surface area contributed by atoms with Gasteiger partial charge in [-0.15, -0.1) is 0 Å². The van der Waals surface area contributed by atoms with E-state index in [2.05, 4.69) is 4.90 Å². The van der Waals surface area contributed by atoms with Gasteiger partial charge in [0.1, 0.15) is 5.82 Å². The molecular formula is C11H15FN2S. The number of nitrogens with zero attached hydrogens (tertiary/aromatic N) is 1. The number of anilines is 1. The van der Waals surface area contributed by atoms with E-state index < -0.39 is 0 Å². The monoisotopic (exact) mass is 226 g/mol. The summed E-state index contributed by atoms with van der Waals surface area (Å²) >= 11 is 1.94. The zero-order chi connectivity index (χ0) is 10.7.